The van der Waals surface area contributed by atoms with Crippen LogP contribution in [0.15, 0.2) is 121 Å². The van der Waals surface area contributed by atoms with Crippen molar-refractivity contribution in [2.24, 2.45) is 47.3 Å². The highest BCUT2D eigenvalue weighted by Crippen LogP contribution is 2.31. The molecule has 0 aromatic heterocycles. The van der Waals surface area contributed by atoms with Crippen molar-refractivity contribution >= 4 is 56.9 Å². The predicted octanol–water partition coefficient (Wildman–Crippen LogP) is 15.5. The van der Waals surface area contributed by atoms with Crippen molar-refractivity contribution in [3.8, 4) is 0 Å². The highest BCUT2D eigenvalue weighted by molar-refractivity contribution is 6.20. The van der Waals surface area contributed by atoms with E-state index >= 15 is 0 Å². The number of benzene rings is 4. The number of rotatable bonds is 24. The van der Waals surface area contributed by atoms with Gasteiger partial charge in [0.1, 0.15) is 0 Å². The molecular weight excluding hydrogens is 829 g/mol. The summed E-state index contributed by atoms with van der Waals surface area (Å²) in [5.74, 6) is 3.85. The molecule has 0 unspecified atom stereocenters. The molecule has 0 bridgehead atoms. The van der Waals surface area contributed by atoms with Gasteiger partial charge in [-0.1, -0.05) is 111 Å². The van der Waals surface area contributed by atoms with Crippen LogP contribution < -0.4 is 28.8 Å². The summed E-state index contributed by atoms with van der Waals surface area (Å²) in [6.45, 7) is 43.4. The van der Waals surface area contributed by atoms with Crippen molar-refractivity contribution in [3.05, 3.63) is 121 Å². The number of hydrogen-bond acceptors (Lipinski definition) is 4. The van der Waals surface area contributed by atoms with Gasteiger partial charge in [0.05, 0.1) is 5.48 Å². The van der Waals surface area contributed by atoms with Gasteiger partial charge in [-0.05, 0) is 95.9 Å². The topological polar surface area (TPSA) is 19.0 Å². The molecule has 0 amide bonds. The summed E-state index contributed by atoms with van der Waals surface area (Å²) in [5, 5.41) is 0. The predicted molar refractivity (Wildman–Crippen MR) is 305 cm³/mol. The molecule has 1 aliphatic rings. The molecule has 6 nitrogen and oxygen atoms in total. The minimum Gasteiger partial charge on any atom is -0.371 e. The zero-order valence-corrected chi connectivity index (χ0v) is 45.2. The fourth-order valence-electron chi connectivity index (χ4n) is 9.26. The van der Waals surface area contributed by atoms with E-state index in [9.17, 15) is 5.48 Å². The van der Waals surface area contributed by atoms with Gasteiger partial charge in [-0.15, -0.1) is 0 Å². The van der Waals surface area contributed by atoms with Crippen molar-refractivity contribution in [1.29, 1.82) is 0 Å². The lowest BCUT2D eigenvalue weighted by atomic mass is 10.1. The third-order valence-electron chi connectivity index (χ3n) is 11.6. The van der Waals surface area contributed by atoms with Crippen LogP contribution >= 0.6 is 0 Å². The molecule has 5 rings (SSSR count). The SMILES string of the molecule is [2H]C1=C([2H])C(=[N+](c2ccc(N(CC(C)C)CC(C)C)cc2)c2ccc(N(CC(C)C)CC(C)C)cc2)C([2H])=C([2H])C1=[N+](c1ccc(N(CC(C)C)CC(C)C)cc1)c1ccc(N(CC(C)C)CC(C)C)cc1. The summed E-state index contributed by atoms with van der Waals surface area (Å²) in [5.41, 5.74) is 7.93. The number of allylic oxidation sites excluding steroid dienone is 4. The Labute approximate surface area is 421 Å². The summed E-state index contributed by atoms with van der Waals surface area (Å²) >= 11 is 0. The Morgan fingerprint density at radius 2 is 0.426 bits per heavy atom. The first-order valence-corrected chi connectivity index (χ1v) is 26.1. The van der Waals surface area contributed by atoms with E-state index < -0.39 is 0 Å². The third kappa shape index (κ3) is 16.0. The average Bonchev–Trinajstić information content (AvgIpc) is 3.29. The Kier molecular flexibility index (Phi) is 18.0. The maximum absolute atomic E-state index is 10.0. The van der Waals surface area contributed by atoms with E-state index in [2.05, 4.69) is 227 Å². The van der Waals surface area contributed by atoms with E-state index in [-0.39, 0.29) is 35.6 Å². The summed E-state index contributed by atoms with van der Waals surface area (Å²) in [6, 6.07) is 33.2. The van der Waals surface area contributed by atoms with E-state index in [1.54, 1.807) is 0 Å². The maximum Gasteiger partial charge on any atom is 0.212 e. The summed E-state index contributed by atoms with van der Waals surface area (Å²) in [4.78, 5) is 9.75. The average molecular weight is 925 g/mol. The van der Waals surface area contributed by atoms with Crippen LogP contribution in [0.5, 0.6) is 0 Å². The van der Waals surface area contributed by atoms with Crippen LogP contribution in [0.25, 0.3) is 0 Å². The van der Waals surface area contributed by atoms with Gasteiger partial charge in [0.15, 0.2) is 0 Å². The van der Waals surface area contributed by atoms with Crippen LogP contribution in [0.3, 0.4) is 0 Å². The van der Waals surface area contributed by atoms with Gasteiger partial charge in [-0.2, -0.15) is 9.15 Å². The quantitative estimate of drug-likeness (QED) is 0.0515. The van der Waals surface area contributed by atoms with Crippen LogP contribution in [0, 0.1) is 47.3 Å². The summed E-state index contributed by atoms with van der Waals surface area (Å²) in [7, 11) is 0. The molecule has 0 atom stereocenters. The Morgan fingerprint density at radius 1 is 0.279 bits per heavy atom. The largest absolute Gasteiger partial charge is 0.371 e. The summed E-state index contributed by atoms with van der Waals surface area (Å²) in [6.07, 6.45) is 0. The van der Waals surface area contributed by atoms with Gasteiger partial charge >= 0.3 is 0 Å². The Morgan fingerprint density at radius 3 is 0.559 bits per heavy atom. The van der Waals surface area contributed by atoms with Crippen molar-refractivity contribution < 1.29 is 5.48 Å². The van der Waals surface area contributed by atoms with Crippen LogP contribution in [0.1, 0.15) is 116 Å². The molecule has 0 fully saturated rings. The van der Waals surface area contributed by atoms with Crippen molar-refractivity contribution in [2.45, 2.75) is 111 Å². The zero-order chi connectivity index (χ0) is 53.1. The number of anilines is 4. The number of nitrogens with zero attached hydrogens (tertiary/aromatic N) is 6. The minimum absolute atomic E-state index is 0.111. The molecule has 68 heavy (non-hydrogen) atoms. The van der Waals surface area contributed by atoms with Crippen molar-refractivity contribution in [2.75, 3.05) is 72.0 Å². The molecular formula is C62H92N6+2. The van der Waals surface area contributed by atoms with E-state index in [1.165, 1.54) is 0 Å². The van der Waals surface area contributed by atoms with Crippen molar-refractivity contribution in [1.82, 2.24) is 9.15 Å². The maximum atomic E-state index is 10.0. The fourth-order valence-corrected chi connectivity index (χ4v) is 9.26. The molecule has 0 spiro atoms. The lowest BCUT2D eigenvalue weighted by molar-refractivity contribution is 0.552. The Hall–Kier alpha value is -5.10. The molecule has 0 heterocycles. The Balaban J connectivity index is 1.81. The highest BCUT2D eigenvalue weighted by atomic mass is 15.2. The van der Waals surface area contributed by atoms with E-state index in [1.807, 2.05) is 9.15 Å². The molecule has 0 saturated heterocycles. The first-order chi connectivity index (χ1) is 33.9. The highest BCUT2D eigenvalue weighted by Gasteiger charge is 2.26. The van der Waals surface area contributed by atoms with Crippen LogP contribution in [0.2, 0.25) is 0 Å². The molecule has 6 heteroatoms. The third-order valence-corrected chi connectivity index (χ3v) is 11.6. The standard InChI is InChI=1S/C62H92N6/c1-45(2)37-63(38-46(3)4)53-17-25-57(26-18-53)67(58-27-19-54(20-28-58)64(39-47(5)6)40-48(7)8)61-33-35-62(36-34-61)68(59-29-21-55(22-30-59)65(41-49(9)10)42-50(11)12)60-31-23-56(24-32-60)66(43-51(13)14)44-52(15)16/h17-36,45-52H,37-44H2,1-16H3/q+2/i33D,34D,35D,36D. The van der Waals surface area contributed by atoms with Gasteiger partial charge in [-0.25, -0.2) is 0 Å². The smallest absolute Gasteiger partial charge is 0.212 e. The molecule has 0 saturated carbocycles. The van der Waals surface area contributed by atoms with Gasteiger partial charge < -0.3 is 19.6 Å². The first kappa shape index (κ1) is 47.9. The van der Waals surface area contributed by atoms with Gasteiger partial charge in [0.2, 0.25) is 34.2 Å². The minimum atomic E-state index is -0.111. The van der Waals surface area contributed by atoms with E-state index in [0.717, 1.165) is 97.9 Å². The second-order valence-corrected chi connectivity index (χ2v) is 22.7. The van der Waals surface area contributed by atoms with Gasteiger partial charge in [0, 0.05) is 148 Å². The molecule has 1 aliphatic carbocycles. The van der Waals surface area contributed by atoms with Crippen LogP contribution in [-0.2, 0) is 0 Å². The molecule has 4 aromatic rings. The van der Waals surface area contributed by atoms with Gasteiger partial charge in [-0.3, -0.25) is 0 Å². The Bertz CT molecular complexity index is 2100. The van der Waals surface area contributed by atoms with Crippen molar-refractivity contribution in [3.63, 3.8) is 0 Å². The lowest BCUT2D eigenvalue weighted by Crippen LogP contribution is -2.31. The fraction of sp³-hybridized carbons (Fsp3) is 0.516. The molecule has 0 radical (unpaired) electrons. The molecule has 0 N–H and O–H groups in total. The molecule has 0 aliphatic heterocycles. The first-order valence-electron chi connectivity index (χ1n) is 28.1. The zero-order valence-electron chi connectivity index (χ0n) is 49.2. The van der Waals surface area contributed by atoms with E-state index in [4.69, 9.17) is 0 Å². The van der Waals surface area contributed by atoms with Crippen LogP contribution in [0.4, 0.5) is 45.5 Å². The number of hydrogen-bond donors (Lipinski definition) is 0. The van der Waals surface area contributed by atoms with Gasteiger partial charge in [0.25, 0.3) is 0 Å². The monoisotopic (exact) mass is 925 g/mol. The van der Waals surface area contributed by atoms with E-state index in [0.29, 0.717) is 47.3 Å². The molecule has 368 valence electrons. The lowest BCUT2D eigenvalue weighted by Gasteiger charge is -2.29. The summed E-state index contributed by atoms with van der Waals surface area (Å²) < 4.78 is 43.9. The second-order valence-electron chi connectivity index (χ2n) is 22.7. The molecule has 4 aromatic carbocycles. The second kappa shape index (κ2) is 25.5. The normalized spacial score (nSPS) is 14.3. The van der Waals surface area contributed by atoms with Crippen LogP contribution in [-0.4, -0.2) is 63.8 Å².